The van der Waals surface area contributed by atoms with Gasteiger partial charge in [0.05, 0.1) is 10.4 Å². The van der Waals surface area contributed by atoms with Gasteiger partial charge in [-0.3, -0.25) is 0 Å². The van der Waals surface area contributed by atoms with Gasteiger partial charge in [0.2, 0.25) is 0 Å². The number of halogens is 1. The van der Waals surface area contributed by atoms with Gasteiger partial charge in [-0.15, -0.1) is 11.3 Å². The second-order valence-corrected chi connectivity index (χ2v) is 7.14. The van der Waals surface area contributed by atoms with Crippen molar-refractivity contribution in [3.63, 3.8) is 0 Å². The molecule has 0 bridgehead atoms. The van der Waals surface area contributed by atoms with Gasteiger partial charge in [-0.05, 0) is 53.9 Å². The minimum atomic E-state index is 0.626. The maximum absolute atomic E-state index is 5.62. The van der Waals surface area contributed by atoms with Crippen molar-refractivity contribution in [1.29, 1.82) is 0 Å². The van der Waals surface area contributed by atoms with E-state index in [2.05, 4.69) is 40.3 Å². The second kappa shape index (κ2) is 6.88. The fourth-order valence-electron chi connectivity index (χ4n) is 2.32. The Labute approximate surface area is 116 Å². The smallest absolute Gasteiger partial charge is 0.0701 e. The Kier molecular flexibility index (Phi) is 5.48. The van der Waals surface area contributed by atoms with E-state index >= 15 is 0 Å². The van der Waals surface area contributed by atoms with Crippen molar-refractivity contribution in [2.45, 2.75) is 32.2 Å². The SMILES string of the molecule is CCCNC1CCOCC1Cc1ccc(Br)s1. The van der Waals surface area contributed by atoms with Crippen LogP contribution < -0.4 is 5.32 Å². The minimum Gasteiger partial charge on any atom is -0.381 e. The number of rotatable bonds is 5. The summed E-state index contributed by atoms with van der Waals surface area (Å²) in [5.41, 5.74) is 0. The van der Waals surface area contributed by atoms with Crippen LogP contribution in [0, 0.1) is 5.92 Å². The van der Waals surface area contributed by atoms with E-state index in [1.165, 1.54) is 15.1 Å². The third kappa shape index (κ3) is 4.05. The maximum Gasteiger partial charge on any atom is 0.0701 e. The standard InChI is InChI=1S/C13H20BrNOS/c1-2-6-15-12-5-7-16-9-10(12)8-11-3-4-13(14)17-11/h3-4,10,12,15H,2,5-9H2,1H3. The lowest BCUT2D eigenvalue weighted by atomic mass is 9.92. The van der Waals surface area contributed by atoms with Crippen molar-refractivity contribution >= 4 is 27.3 Å². The number of ether oxygens (including phenoxy) is 1. The molecule has 96 valence electrons. The first-order valence-corrected chi connectivity index (χ1v) is 7.96. The Morgan fingerprint density at radius 3 is 3.12 bits per heavy atom. The Morgan fingerprint density at radius 1 is 1.53 bits per heavy atom. The van der Waals surface area contributed by atoms with Gasteiger partial charge in [0.25, 0.3) is 0 Å². The van der Waals surface area contributed by atoms with E-state index in [4.69, 9.17) is 4.74 Å². The van der Waals surface area contributed by atoms with Crippen LogP contribution in [0.4, 0.5) is 0 Å². The average Bonchev–Trinajstić information content (AvgIpc) is 2.74. The van der Waals surface area contributed by atoms with Gasteiger partial charge in [0.1, 0.15) is 0 Å². The van der Waals surface area contributed by atoms with E-state index in [0.717, 1.165) is 32.6 Å². The second-order valence-electron chi connectivity index (χ2n) is 4.59. The van der Waals surface area contributed by atoms with Crippen molar-refractivity contribution in [3.05, 3.63) is 20.8 Å². The lowest BCUT2D eigenvalue weighted by Crippen LogP contribution is -2.43. The molecule has 17 heavy (non-hydrogen) atoms. The molecular formula is C13H20BrNOS. The van der Waals surface area contributed by atoms with Crippen LogP contribution >= 0.6 is 27.3 Å². The van der Waals surface area contributed by atoms with E-state index in [1.807, 2.05) is 11.3 Å². The van der Waals surface area contributed by atoms with Gasteiger partial charge < -0.3 is 10.1 Å². The first kappa shape index (κ1) is 13.5. The molecule has 1 N–H and O–H groups in total. The van der Waals surface area contributed by atoms with E-state index < -0.39 is 0 Å². The van der Waals surface area contributed by atoms with E-state index in [1.54, 1.807) is 0 Å². The molecule has 4 heteroatoms. The van der Waals surface area contributed by atoms with Gasteiger partial charge in [0, 0.05) is 23.4 Å². The third-order valence-electron chi connectivity index (χ3n) is 3.22. The lowest BCUT2D eigenvalue weighted by Gasteiger charge is -2.32. The zero-order valence-corrected chi connectivity index (χ0v) is 12.6. The monoisotopic (exact) mass is 317 g/mol. The van der Waals surface area contributed by atoms with Crippen molar-refractivity contribution in [1.82, 2.24) is 5.32 Å². The van der Waals surface area contributed by atoms with Crippen LogP contribution in [0.2, 0.25) is 0 Å². The van der Waals surface area contributed by atoms with Crippen LogP contribution in [-0.2, 0) is 11.2 Å². The molecule has 2 unspecified atom stereocenters. The summed E-state index contributed by atoms with van der Waals surface area (Å²) in [4.78, 5) is 1.45. The molecule has 0 aliphatic carbocycles. The predicted molar refractivity (Wildman–Crippen MR) is 76.7 cm³/mol. The van der Waals surface area contributed by atoms with E-state index in [0.29, 0.717) is 12.0 Å². The molecule has 1 fully saturated rings. The summed E-state index contributed by atoms with van der Waals surface area (Å²) in [5, 5.41) is 3.66. The molecule has 0 spiro atoms. The zero-order chi connectivity index (χ0) is 12.1. The molecular weight excluding hydrogens is 298 g/mol. The van der Waals surface area contributed by atoms with Crippen LogP contribution in [-0.4, -0.2) is 25.8 Å². The summed E-state index contributed by atoms with van der Waals surface area (Å²) in [6.45, 7) is 5.15. The molecule has 1 aliphatic rings. The van der Waals surface area contributed by atoms with E-state index in [9.17, 15) is 0 Å². The van der Waals surface area contributed by atoms with Crippen molar-refractivity contribution in [2.75, 3.05) is 19.8 Å². The van der Waals surface area contributed by atoms with Crippen LogP contribution in [0.3, 0.4) is 0 Å². The fourth-order valence-corrected chi connectivity index (χ4v) is 3.89. The molecule has 2 nitrogen and oxygen atoms in total. The molecule has 0 radical (unpaired) electrons. The van der Waals surface area contributed by atoms with Crippen LogP contribution in [0.1, 0.15) is 24.6 Å². The Morgan fingerprint density at radius 2 is 2.41 bits per heavy atom. The number of nitrogens with one attached hydrogen (secondary N) is 1. The molecule has 0 saturated carbocycles. The van der Waals surface area contributed by atoms with Gasteiger partial charge in [-0.25, -0.2) is 0 Å². The summed E-state index contributed by atoms with van der Waals surface area (Å²) in [5.74, 6) is 0.626. The quantitative estimate of drug-likeness (QED) is 0.898. The Hall–Kier alpha value is 0.1000. The largest absolute Gasteiger partial charge is 0.381 e. The molecule has 2 atom stereocenters. The van der Waals surface area contributed by atoms with Gasteiger partial charge >= 0.3 is 0 Å². The lowest BCUT2D eigenvalue weighted by molar-refractivity contribution is 0.0326. The van der Waals surface area contributed by atoms with Crippen molar-refractivity contribution in [2.24, 2.45) is 5.92 Å². The summed E-state index contributed by atoms with van der Waals surface area (Å²) in [6.07, 6.45) is 3.49. The highest BCUT2D eigenvalue weighted by molar-refractivity contribution is 9.11. The average molecular weight is 318 g/mol. The Balaban J connectivity index is 1.91. The molecule has 1 aromatic rings. The normalized spacial score (nSPS) is 25.1. The number of hydrogen-bond donors (Lipinski definition) is 1. The maximum atomic E-state index is 5.62. The van der Waals surface area contributed by atoms with Gasteiger partial charge in [-0.2, -0.15) is 0 Å². The molecule has 1 aliphatic heterocycles. The summed E-state index contributed by atoms with van der Waals surface area (Å²) >= 11 is 5.37. The highest BCUT2D eigenvalue weighted by atomic mass is 79.9. The Bertz CT molecular complexity index is 342. The minimum absolute atomic E-state index is 0.626. The van der Waals surface area contributed by atoms with Gasteiger partial charge in [-0.1, -0.05) is 6.92 Å². The third-order valence-corrected chi connectivity index (χ3v) is 4.87. The molecule has 1 saturated heterocycles. The summed E-state index contributed by atoms with van der Waals surface area (Å²) in [7, 11) is 0. The highest BCUT2D eigenvalue weighted by Gasteiger charge is 2.25. The van der Waals surface area contributed by atoms with Crippen LogP contribution in [0.15, 0.2) is 15.9 Å². The van der Waals surface area contributed by atoms with E-state index in [-0.39, 0.29) is 0 Å². The zero-order valence-electron chi connectivity index (χ0n) is 10.2. The first-order chi connectivity index (χ1) is 8.29. The molecule has 0 amide bonds. The first-order valence-electron chi connectivity index (χ1n) is 6.35. The van der Waals surface area contributed by atoms with Crippen molar-refractivity contribution in [3.8, 4) is 0 Å². The van der Waals surface area contributed by atoms with Gasteiger partial charge in [0.15, 0.2) is 0 Å². The summed E-state index contributed by atoms with van der Waals surface area (Å²) in [6, 6.07) is 4.99. The topological polar surface area (TPSA) is 21.3 Å². The van der Waals surface area contributed by atoms with Crippen LogP contribution in [0.25, 0.3) is 0 Å². The molecule has 0 aromatic carbocycles. The number of thiophene rings is 1. The number of hydrogen-bond acceptors (Lipinski definition) is 3. The highest BCUT2D eigenvalue weighted by Crippen LogP contribution is 2.27. The molecule has 2 rings (SSSR count). The van der Waals surface area contributed by atoms with Crippen molar-refractivity contribution < 1.29 is 4.74 Å². The molecule has 1 aromatic heterocycles. The van der Waals surface area contributed by atoms with Crippen LogP contribution in [0.5, 0.6) is 0 Å². The fraction of sp³-hybridized carbons (Fsp3) is 0.692. The predicted octanol–water partition coefficient (Wildman–Crippen LogP) is 3.46. The summed E-state index contributed by atoms with van der Waals surface area (Å²) < 4.78 is 6.85. The molecule has 2 heterocycles.